The van der Waals surface area contributed by atoms with Gasteiger partial charge in [0, 0.05) is 33.4 Å². The first kappa shape index (κ1) is 19.0. The van der Waals surface area contributed by atoms with Gasteiger partial charge in [-0.05, 0) is 13.0 Å². The third-order valence-corrected chi connectivity index (χ3v) is 4.16. The van der Waals surface area contributed by atoms with Gasteiger partial charge in [0.05, 0.1) is 17.5 Å². The van der Waals surface area contributed by atoms with E-state index in [4.69, 9.17) is 4.52 Å². The lowest BCUT2D eigenvalue weighted by Crippen LogP contribution is -2.38. The molecule has 0 aliphatic heterocycles. The van der Waals surface area contributed by atoms with Crippen LogP contribution in [0.3, 0.4) is 0 Å². The highest BCUT2D eigenvalue weighted by molar-refractivity contribution is 6.00. The molecule has 0 saturated heterocycles. The zero-order chi connectivity index (χ0) is 20.6. The average molecular weight is 386 g/mol. The summed E-state index contributed by atoms with van der Waals surface area (Å²) in [6.45, 7) is 1.44. The van der Waals surface area contributed by atoms with Crippen LogP contribution in [0.25, 0.3) is 11.0 Å². The summed E-state index contributed by atoms with van der Waals surface area (Å²) < 4.78 is 7.02. The van der Waals surface area contributed by atoms with Crippen molar-refractivity contribution in [3.63, 3.8) is 0 Å². The smallest absolute Gasteiger partial charge is 0.332 e. The van der Waals surface area contributed by atoms with Gasteiger partial charge in [0.25, 0.3) is 11.5 Å². The van der Waals surface area contributed by atoms with Crippen molar-refractivity contribution in [2.24, 2.45) is 14.1 Å². The van der Waals surface area contributed by atoms with Crippen molar-refractivity contribution in [2.75, 3.05) is 18.9 Å². The zero-order valence-corrected chi connectivity index (χ0v) is 15.7. The Balaban J connectivity index is 1.83. The SMILES string of the molecule is Cc1cc(NC(=O)CN(C)C(=O)c2cnc3c(c2)c(=O)n(C)c(=O)n3C)no1. The first-order chi connectivity index (χ1) is 13.2. The van der Waals surface area contributed by atoms with E-state index in [-0.39, 0.29) is 29.0 Å². The van der Waals surface area contributed by atoms with E-state index in [1.165, 1.54) is 42.9 Å². The molecule has 0 spiro atoms. The summed E-state index contributed by atoms with van der Waals surface area (Å²) in [6, 6.07) is 2.91. The van der Waals surface area contributed by atoms with Gasteiger partial charge in [0.15, 0.2) is 5.82 Å². The van der Waals surface area contributed by atoms with Crippen LogP contribution in [0.4, 0.5) is 5.82 Å². The number of hydrogen-bond acceptors (Lipinski definition) is 7. The molecule has 0 atom stereocenters. The maximum atomic E-state index is 12.6. The van der Waals surface area contributed by atoms with Gasteiger partial charge in [0.1, 0.15) is 11.4 Å². The van der Waals surface area contributed by atoms with E-state index in [9.17, 15) is 19.2 Å². The van der Waals surface area contributed by atoms with Gasteiger partial charge in [0.2, 0.25) is 5.91 Å². The van der Waals surface area contributed by atoms with Crippen LogP contribution in [0.1, 0.15) is 16.1 Å². The minimum Gasteiger partial charge on any atom is -0.360 e. The van der Waals surface area contributed by atoms with Gasteiger partial charge in [-0.2, -0.15) is 0 Å². The molecular weight excluding hydrogens is 368 g/mol. The van der Waals surface area contributed by atoms with E-state index in [0.717, 1.165) is 4.57 Å². The van der Waals surface area contributed by atoms with Gasteiger partial charge in [-0.25, -0.2) is 9.78 Å². The van der Waals surface area contributed by atoms with Crippen LogP contribution in [0.5, 0.6) is 0 Å². The minimum absolute atomic E-state index is 0.121. The third-order valence-electron chi connectivity index (χ3n) is 4.16. The van der Waals surface area contributed by atoms with Gasteiger partial charge < -0.3 is 14.7 Å². The second kappa shape index (κ2) is 7.10. The van der Waals surface area contributed by atoms with Gasteiger partial charge in [-0.1, -0.05) is 5.16 Å². The number of nitrogens with one attached hydrogen (secondary N) is 1. The molecular formula is C17H18N6O5. The molecule has 11 heteroatoms. The Morgan fingerprint density at radius 3 is 2.57 bits per heavy atom. The minimum atomic E-state index is -0.554. The van der Waals surface area contributed by atoms with E-state index in [1.54, 1.807) is 13.0 Å². The number of amides is 2. The molecule has 146 valence electrons. The van der Waals surface area contributed by atoms with Crippen molar-refractivity contribution < 1.29 is 14.1 Å². The first-order valence-corrected chi connectivity index (χ1v) is 8.23. The number of aromatic nitrogens is 4. The van der Waals surface area contributed by atoms with Crippen LogP contribution in [0, 0.1) is 6.92 Å². The number of carbonyl (C=O) groups is 2. The molecule has 2 amide bonds. The number of nitrogens with zero attached hydrogens (tertiary/aromatic N) is 5. The lowest BCUT2D eigenvalue weighted by Gasteiger charge is -2.16. The van der Waals surface area contributed by atoms with Crippen molar-refractivity contribution in [1.82, 2.24) is 24.2 Å². The van der Waals surface area contributed by atoms with Crippen LogP contribution in [0.15, 0.2) is 32.4 Å². The molecule has 28 heavy (non-hydrogen) atoms. The molecule has 3 rings (SSSR count). The molecule has 3 heterocycles. The maximum absolute atomic E-state index is 12.6. The highest BCUT2D eigenvalue weighted by Crippen LogP contribution is 2.10. The maximum Gasteiger partial charge on any atom is 0.332 e. The van der Waals surface area contributed by atoms with E-state index < -0.39 is 23.1 Å². The molecule has 0 bridgehead atoms. The monoisotopic (exact) mass is 386 g/mol. The standard InChI is InChI=1S/C17H18N6O5/c1-9-5-12(20-28-9)19-13(24)8-21(2)15(25)10-6-11-14(18-7-10)22(3)17(27)23(4)16(11)26/h5-7H,8H2,1-4H3,(H,19,20,24). The normalized spacial score (nSPS) is 10.9. The molecule has 11 nitrogen and oxygen atoms in total. The lowest BCUT2D eigenvalue weighted by molar-refractivity contribution is -0.116. The number of likely N-dealkylation sites (N-methyl/N-ethyl adjacent to an activating group) is 1. The third kappa shape index (κ3) is 3.41. The van der Waals surface area contributed by atoms with Crippen LogP contribution < -0.4 is 16.6 Å². The predicted molar refractivity (Wildman–Crippen MR) is 99.1 cm³/mol. The van der Waals surface area contributed by atoms with Gasteiger partial charge in [-0.3, -0.25) is 23.5 Å². The quantitative estimate of drug-likeness (QED) is 0.647. The fourth-order valence-corrected chi connectivity index (χ4v) is 2.70. The number of carbonyl (C=O) groups excluding carboxylic acids is 2. The molecule has 0 saturated carbocycles. The topological polar surface area (TPSA) is 132 Å². The largest absolute Gasteiger partial charge is 0.360 e. The molecule has 3 aromatic heterocycles. The Bertz CT molecular complexity index is 1200. The second-order valence-electron chi connectivity index (χ2n) is 6.33. The number of rotatable bonds is 4. The molecule has 0 unspecified atom stereocenters. The van der Waals surface area contributed by atoms with E-state index in [0.29, 0.717) is 5.76 Å². The Hall–Kier alpha value is -3.76. The lowest BCUT2D eigenvalue weighted by atomic mass is 10.2. The van der Waals surface area contributed by atoms with Crippen LogP contribution in [-0.4, -0.2) is 49.6 Å². The molecule has 0 aromatic carbocycles. The van der Waals surface area contributed by atoms with Crippen molar-refractivity contribution in [1.29, 1.82) is 0 Å². The summed E-state index contributed by atoms with van der Waals surface area (Å²) in [5.41, 5.74) is -0.773. The fourth-order valence-electron chi connectivity index (χ4n) is 2.70. The number of pyridine rings is 1. The van der Waals surface area contributed by atoms with Gasteiger partial charge >= 0.3 is 5.69 Å². The number of fused-ring (bicyclic) bond motifs is 1. The van der Waals surface area contributed by atoms with E-state index in [1.807, 2.05) is 0 Å². The summed E-state index contributed by atoms with van der Waals surface area (Å²) in [6.07, 6.45) is 1.26. The molecule has 0 radical (unpaired) electrons. The molecule has 3 aromatic rings. The Morgan fingerprint density at radius 1 is 1.21 bits per heavy atom. The second-order valence-corrected chi connectivity index (χ2v) is 6.33. The van der Waals surface area contributed by atoms with Crippen molar-refractivity contribution in [3.8, 4) is 0 Å². The summed E-state index contributed by atoms with van der Waals surface area (Å²) >= 11 is 0. The van der Waals surface area contributed by atoms with Crippen LogP contribution in [-0.2, 0) is 18.9 Å². The average Bonchev–Trinajstić information content (AvgIpc) is 3.07. The van der Waals surface area contributed by atoms with Crippen LogP contribution >= 0.6 is 0 Å². The fraction of sp³-hybridized carbons (Fsp3) is 0.294. The Labute approximate surface area is 158 Å². The zero-order valence-electron chi connectivity index (χ0n) is 15.7. The summed E-state index contributed by atoms with van der Waals surface area (Å²) in [5.74, 6) is -0.175. The number of hydrogen-bond donors (Lipinski definition) is 1. The van der Waals surface area contributed by atoms with Crippen molar-refractivity contribution in [2.45, 2.75) is 6.92 Å². The highest BCUT2D eigenvalue weighted by atomic mass is 16.5. The molecule has 1 N–H and O–H groups in total. The summed E-state index contributed by atoms with van der Waals surface area (Å²) in [4.78, 5) is 54.2. The predicted octanol–water partition coefficient (Wildman–Crippen LogP) is -0.361. The molecule has 0 aliphatic rings. The number of anilines is 1. The molecule has 0 fully saturated rings. The summed E-state index contributed by atoms with van der Waals surface area (Å²) in [7, 11) is 4.28. The Kier molecular flexibility index (Phi) is 4.82. The van der Waals surface area contributed by atoms with Crippen molar-refractivity contribution >= 4 is 28.7 Å². The number of aryl methyl sites for hydroxylation is 2. The highest BCUT2D eigenvalue weighted by Gasteiger charge is 2.18. The van der Waals surface area contributed by atoms with Crippen molar-refractivity contribution in [3.05, 3.63) is 50.5 Å². The van der Waals surface area contributed by atoms with E-state index in [2.05, 4.69) is 15.5 Å². The van der Waals surface area contributed by atoms with Gasteiger partial charge in [-0.15, -0.1) is 0 Å². The first-order valence-electron chi connectivity index (χ1n) is 8.23. The Morgan fingerprint density at radius 2 is 1.93 bits per heavy atom. The van der Waals surface area contributed by atoms with Crippen LogP contribution in [0.2, 0.25) is 0 Å². The summed E-state index contributed by atoms with van der Waals surface area (Å²) in [5, 5.41) is 6.29. The van der Waals surface area contributed by atoms with E-state index >= 15 is 0 Å². The molecule has 0 aliphatic carbocycles.